The van der Waals surface area contributed by atoms with Crippen LogP contribution in [0.1, 0.15) is 37.2 Å². The molecule has 1 saturated carbocycles. The van der Waals surface area contributed by atoms with Crippen LogP contribution in [0.3, 0.4) is 0 Å². The Kier molecular flexibility index (Phi) is 4.02. The van der Waals surface area contributed by atoms with Crippen molar-refractivity contribution in [2.45, 2.75) is 32.2 Å². The summed E-state index contributed by atoms with van der Waals surface area (Å²) in [5, 5.41) is 2.93. The minimum Gasteiger partial charge on any atom is -0.384 e. The van der Waals surface area contributed by atoms with Crippen molar-refractivity contribution in [3.05, 3.63) is 16.6 Å². The molecule has 1 heterocycles. The summed E-state index contributed by atoms with van der Waals surface area (Å²) in [7, 11) is 3.53. The van der Waals surface area contributed by atoms with E-state index in [1.807, 2.05) is 24.3 Å². The van der Waals surface area contributed by atoms with Crippen LogP contribution in [0.5, 0.6) is 0 Å². The second-order valence-electron chi connectivity index (χ2n) is 5.03. The molecular formula is C13H20N2O2S. The molecule has 4 nitrogen and oxygen atoms in total. The molecule has 18 heavy (non-hydrogen) atoms. The Morgan fingerprint density at radius 1 is 1.67 bits per heavy atom. The van der Waals surface area contributed by atoms with Crippen LogP contribution in [0, 0.1) is 5.41 Å². The summed E-state index contributed by atoms with van der Waals surface area (Å²) in [5.74, 6) is 0.193. The van der Waals surface area contributed by atoms with E-state index in [2.05, 4.69) is 4.98 Å². The molecule has 1 amide bonds. The molecule has 0 N–H and O–H groups in total. The monoisotopic (exact) mass is 268 g/mol. The first-order valence-electron chi connectivity index (χ1n) is 6.26. The van der Waals surface area contributed by atoms with Gasteiger partial charge in [-0.25, -0.2) is 4.98 Å². The van der Waals surface area contributed by atoms with Crippen molar-refractivity contribution in [2.75, 3.05) is 20.8 Å². The number of nitrogens with zero attached hydrogens (tertiary/aromatic N) is 2. The van der Waals surface area contributed by atoms with Gasteiger partial charge in [-0.1, -0.05) is 6.42 Å². The SMILES string of the molecule is COCC1(C(=O)N(C)[C@H](C)c2nccs2)CCC1. The van der Waals surface area contributed by atoms with E-state index in [1.54, 1.807) is 24.6 Å². The Labute approximate surface area is 112 Å². The number of hydrogen-bond donors (Lipinski definition) is 0. The average molecular weight is 268 g/mol. The highest BCUT2D eigenvalue weighted by Gasteiger charge is 2.46. The van der Waals surface area contributed by atoms with Crippen LogP contribution in [0.2, 0.25) is 0 Å². The molecule has 0 bridgehead atoms. The van der Waals surface area contributed by atoms with Gasteiger partial charge >= 0.3 is 0 Å². The fourth-order valence-electron chi connectivity index (χ4n) is 2.46. The van der Waals surface area contributed by atoms with Crippen LogP contribution < -0.4 is 0 Å². The maximum atomic E-state index is 12.6. The predicted octanol–water partition coefficient (Wildman–Crippen LogP) is 2.48. The van der Waals surface area contributed by atoms with E-state index in [0.717, 1.165) is 24.3 Å². The fourth-order valence-corrected chi connectivity index (χ4v) is 3.19. The van der Waals surface area contributed by atoms with E-state index in [1.165, 1.54) is 0 Å². The van der Waals surface area contributed by atoms with Crippen LogP contribution in [0.15, 0.2) is 11.6 Å². The molecule has 100 valence electrons. The van der Waals surface area contributed by atoms with Gasteiger partial charge in [-0.2, -0.15) is 0 Å². The summed E-state index contributed by atoms with van der Waals surface area (Å²) in [6.07, 6.45) is 4.78. The highest BCUT2D eigenvalue weighted by molar-refractivity contribution is 7.09. The maximum absolute atomic E-state index is 12.6. The van der Waals surface area contributed by atoms with E-state index in [9.17, 15) is 4.79 Å². The third kappa shape index (κ3) is 2.29. The lowest BCUT2D eigenvalue weighted by Gasteiger charge is -2.43. The number of amides is 1. The van der Waals surface area contributed by atoms with Gasteiger partial charge < -0.3 is 9.64 Å². The molecule has 0 saturated heterocycles. The molecule has 5 heteroatoms. The zero-order valence-electron chi connectivity index (χ0n) is 11.2. The van der Waals surface area contributed by atoms with Gasteiger partial charge in [0.15, 0.2) is 0 Å². The van der Waals surface area contributed by atoms with Gasteiger partial charge in [0.2, 0.25) is 5.91 Å². The minimum absolute atomic E-state index is 0.0341. The highest BCUT2D eigenvalue weighted by atomic mass is 32.1. The van der Waals surface area contributed by atoms with Gasteiger partial charge in [0, 0.05) is 25.7 Å². The summed E-state index contributed by atoms with van der Waals surface area (Å²) in [6.45, 7) is 2.55. The van der Waals surface area contributed by atoms with Crippen molar-refractivity contribution in [2.24, 2.45) is 5.41 Å². The smallest absolute Gasteiger partial charge is 0.231 e. The van der Waals surface area contributed by atoms with Gasteiger partial charge in [0.25, 0.3) is 0 Å². The molecule has 2 rings (SSSR count). The molecule has 1 aliphatic rings. The van der Waals surface area contributed by atoms with Crippen molar-refractivity contribution in [1.29, 1.82) is 0 Å². The zero-order chi connectivity index (χ0) is 13.2. The number of methoxy groups -OCH3 is 1. The number of hydrogen-bond acceptors (Lipinski definition) is 4. The number of carbonyl (C=O) groups is 1. The first-order chi connectivity index (χ1) is 8.60. The van der Waals surface area contributed by atoms with Crippen LogP contribution in [0.25, 0.3) is 0 Å². The molecule has 0 radical (unpaired) electrons. The number of aromatic nitrogens is 1. The molecule has 0 unspecified atom stereocenters. The highest BCUT2D eigenvalue weighted by Crippen LogP contribution is 2.43. The second-order valence-corrected chi connectivity index (χ2v) is 5.96. The van der Waals surface area contributed by atoms with Crippen molar-refractivity contribution >= 4 is 17.2 Å². The Hall–Kier alpha value is -0.940. The van der Waals surface area contributed by atoms with Crippen LogP contribution >= 0.6 is 11.3 Å². The second kappa shape index (κ2) is 5.36. The van der Waals surface area contributed by atoms with Crippen LogP contribution in [0.4, 0.5) is 0 Å². The predicted molar refractivity (Wildman–Crippen MR) is 71.5 cm³/mol. The van der Waals surface area contributed by atoms with Crippen LogP contribution in [-0.2, 0) is 9.53 Å². The number of ether oxygens (including phenoxy) is 1. The standard InChI is InChI=1S/C13H20N2O2S/c1-10(11-14-7-8-18-11)15(2)12(16)13(9-17-3)5-4-6-13/h7-8,10H,4-6,9H2,1-3H3/t10-/m1/s1. The van der Waals surface area contributed by atoms with Gasteiger partial charge in [0.05, 0.1) is 18.1 Å². The van der Waals surface area contributed by atoms with Crippen molar-refractivity contribution < 1.29 is 9.53 Å². The van der Waals surface area contributed by atoms with E-state index < -0.39 is 0 Å². The van der Waals surface area contributed by atoms with Crippen molar-refractivity contribution in [1.82, 2.24) is 9.88 Å². The molecule has 1 aromatic heterocycles. The Morgan fingerprint density at radius 3 is 2.83 bits per heavy atom. The van der Waals surface area contributed by atoms with Gasteiger partial charge in [0.1, 0.15) is 5.01 Å². The summed E-state index contributed by atoms with van der Waals surface area (Å²) in [6, 6.07) is 0.0341. The zero-order valence-corrected chi connectivity index (χ0v) is 12.0. The number of thiazole rings is 1. The number of rotatable bonds is 5. The Morgan fingerprint density at radius 2 is 2.39 bits per heavy atom. The summed E-state index contributed by atoms with van der Waals surface area (Å²) in [5.41, 5.74) is -0.283. The van der Waals surface area contributed by atoms with Gasteiger partial charge in [-0.05, 0) is 19.8 Å². The van der Waals surface area contributed by atoms with Gasteiger partial charge in [-0.15, -0.1) is 11.3 Å². The van der Waals surface area contributed by atoms with Crippen molar-refractivity contribution in [3.8, 4) is 0 Å². The first kappa shape index (κ1) is 13.5. The molecule has 0 aliphatic heterocycles. The van der Waals surface area contributed by atoms with Gasteiger partial charge in [-0.3, -0.25) is 4.79 Å². The molecule has 1 atom stereocenters. The fraction of sp³-hybridized carbons (Fsp3) is 0.692. The summed E-state index contributed by atoms with van der Waals surface area (Å²) >= 11 is 1.59. The quantitative estimate of drug-likeness (QED) is 0.824. The van der Waals surface area contributed by atoms with Crippen LogP contribution in [-0.4, -0.2) is 36.6 Å². The largest absolute Gasteiger partial charge is 0.384 e. The first-order valence-corrected chi connectivity index (χ1v) is 7.14. The molecular weight excluding hydrogens is 248 g/mol. The van der Waals surface area contributed by atoms with Crippen molar-refractivity contribution in [3.63, 3.8) is 0 Å². The Bertz CT molecular complexity index is 401. The van der Waals surface area contributed by atoms with E-state index in [-0.39, 0.29) is 17.4 Å². The summed E-state index contributed by atoms with van der Waals surface area (Å²) < 4.78 is 5.23. The van der Waals surface area contributed by atoms with E-state index >= 15 is 0 Å². The molecule has 1 fully saturated rings. The average Bonchev–Trinajstić information content (AvgIpc) is 2.84. The maximum Gasteiger partial charge on any atom is 0.231 e. The summed E-state index contributed by atoms with van der Waals surface area (Å²) in [4.78, 5) is 18.7. The minimum atomic E-state index is -0.283. The Balaban J connectivity index is 2.08. The lowest BCUT2D eigenvalue weighted by Crippen LogP contribution is -2.49. The van der Waals surface area contributed by atoms with E-state index in [4.69, 9.17) is 4.74 Å². The lowest BCUT2D eigenvalue weighted by molar-refractivity contribution is -0.152. The number of carbonyl (C=O) groups excluding carboxylic acids is 1. The molecule has 0 spiro atoms. The molecule has 1 aliphatic carbocycles. The normalized spacial score (nSPS) is 19.1. The lowest BCUT2D eigenvalue weighted by atomic mass is 9.68. The third-order valence-electron chi connectivity index (χ3n) is 3.90. The third-order valence-corrected chi connectivity index (χ3v) is 4.84. The topological polar surface area (TPSA) is 42.4 Å². The molecule has 0 aromatic carbocycles. The van der Waals surface area contributed by atoms with E-state index in [0.29, 0.717) is 6.61 Å². The molecule has 1 aromatic rings.